The second-order valence-corrected chi connectivity index (χ2v) is 9.65. The second-order valence-electron chi connectivity index (χ2n) is 9.65. The van der Waals surface area contributed by atoms with Gasteiger partial charge in [0, 0.05) is 26.1 Å². The van der Waals surface area contributed by atoms with Crippen molar-refractivity contribution in [3.8, 4) is 0 Å². The van der Waals surface area contributed by atoms with Crippen molar-refractivity contribution in [3.05, 3.63) is 65.2 Å². The van der Waals surface area contributed by atoms with Crippen LogP contribution < -0.4 is 10.6 Å². The van der Waals surface area contributed by atoms with Crippen LogP contribution in [0.5, 0.6) is 0 Å². The van der Waals surface area contributed by atoms with Crippen LogP contribution >= 0.6 is 0 Å². The smallest absolute Gasteiger partial charge is 0.317 e. The number of hydrogen-bond donors (Lipinski definition) is 2. The molecule has 4 atom stereocenters. The summed E-state index contributed by atoms with van der Waals surface area (Å²) in [5, 5.41) is 5.40. The Bertz CT molecular complexity index is 1130. The van der Waals surface area contributed by atoms with Crippen molar-refractivity contribution in [2.45, 2.75) is 56.4 Å². The van der Waals surface area contributed by atoms with Gasteiger partial charge in [-0.05, 0) is 37.3 Å². The fourth-order valence-corrected chi connectivity index (χ4v) is 4.43. The number of amides is 4. The predicted molar refractivity (Wildman–Crippen MR) is 129 cm³/mol. The number of hydrogen-bond acceptors (Lipinski definition) is 4. The van der Waals surface area contributed by atoms with Crippen LogP contribution in [0.15, 0.2) is 42.5 Å². The first-order valence-corrected chi connectivity index (χ1v) is 12.1. The van der Waals surface area contributed by atoms with Crippen LogP contribution in [0.4, 0.5) is 13.6 Å². The molecule has 2 heterocycles. The van der Waals surface area contributed by atoms with E-state index in [1.165, 1.54) is 25.9 Å². The highest BCUT2D eigenvalue weighted by Gasteiger charge is 2.42. The highest BCUT2D eigenvalue weighted by molar-refractivity contribution is 5.92. The molecule has 0 spiro atoms. The first-order chi connectivity index (χ1) is 17.2. The maximum atomic E-state index is 14.8. The number of carbonyl (C=O) groups excluding carboxylic acids is 3. The molecule has 1 aliphatic heterocycles. The van der Waals surface area contributed by atoms with Gasteiger partial charge in [0.2, 0.25) is 17.8 Å². The van der Waals surface area contributed by atoms with Crippen LogP contribution in [0.25, 0.3) is 0 Å². The van der Waals surface area contributed by atoms with Gasteiger partial charge in [0.25, 0.3) is 0 Å². The Labute approximate surface area is 209 Å². The summed E-state index contributed by atoms with van der Waals surface area (Å²) in [7, 11) is 3.07. The van der Waals surface area contributed by atoms with E-state index in [4.69, 9.17) is 0 Å². The average molecular weight is 500 g/mol. The minimum Gasteiger partial charge on any atom is -0.342 e. The molecule has 4 amide bonds. The number of halogens is 2. The number of alkyl halides is 1. The monoisotopic (exact) mass is 499 g/mol. The summed E-state index contributed by atoms with van der Waals surface area (Å²) in [5.41, 5.74) is 1.56. The molecule has 36 heavy (non-hydrogen) atoms. The molecule has 1 saturated heterocycles. The standard InChI is InChI=1S/C26H31F2N5O3/c1-15(29-26(36)32(2)3)25(35)33-14-18(27)13-21(33)24(34)31-22(17-7-5-4-6-8-17)20-12-11-19(16-9-10-16)23(28)30-20/h4-8,11-12,15-16,18,21-22H,9-10,13-14H2,1-3H3,(H,29,36)(H,31,34)/t15-,18-,21+,22+/m1/s1. The van der Waals surface area contributed by atoms with Crippen LogP contribution in [0.3, 0.4) is 0 Å². The summed E-state index contributed by atoms with van der Waals surface area (Å²) in [4.78, 5) is 45.0. The van der Waals surface area contributed by atoms with Gasteiger partial charge in [-0.1, -0.05) is 36.4 Å². The van der Waals surface area contributed by atoms with Gasteiger partial charge in [-0.25, -0.2) is 14.2 Å². The molecule has 1 saturated carbocycles. The first kappa shape index (κ1) is 25.5. The third-order valence-corrected chi connectivity index (χ3v) is 6.58. The molecule has 10 heteroatoms. The van der Waals surface area contributed by atoms with Crippen LogP contribution in [0, 0.1) is 5.95 Å². The molecular formula is C26H31F2N5O3. The van der Waals surface area contributed by atoms with Gasteiger partial charge in [-0.3, -0.25) is 9.59 Å². The topological polar surface area (TPSA) is 94.6 Å². The van der Waals surface area contributed by atoms with E-state index in [1.807, 2.05) is 6.07 Å². The maximum absolute atomic E-state index is 14.8. The number of nitrogens with one attached hydrogen (secondary N) is 2. The molecule has 192 valence electrons. The molecule has 0 bridgehead atoms. The molecule has 2 N–H and O–H groups in total. The van der Waals surface area contributed by atoms with Gasteiger partial charge in [-0.2, -0.15) is 4.39 Å². The largest absolute Gasteiger partial charge is 0.342 e. The Balaban J connectivity index is 1.55. The molecule has 2 fully saturated rings. The first-order valence-electron chi connectivity index (χ1n) is 12.1. The van der Waals surface area contributed by atoms with Gasteiger partial charge in [0.05, 0.1) is 18.3 Å². The van der Waals surface area contributed by atoms with Gasteiger partial charge in [0.15, 0.2) is 0 Å². The van der Waals surface area contributed by atoms with E-state index in [9.17, 15) is 23.2 Å². The van der Waals surface area contributed by atoms with E-state index in [2.05, 4.69) is 15.6 Å². The highest BCUT2D eigenvalue weighted by atomic mass is 19.1. The number of carbonyl (C=O) groups is 3. The van der Waals surface area contributed by atoms with Gasteiger partial charge in [0.1, 0.15) is 18.3 Å². The lowest BCUT2D eigenvalue weighted by molar-refractivity contribution is -0.139. The Morgan fingerprint density at radius 1 is 1.08 bits per heavy atom. The Kier molecular flexibility index (Phi) is 7.51. The number of pyridine rings is 1. The van der Waals surface area contributed by atoms with Gasteiger partial charge >= 0.3 is 6.03 Å². The van der Waals surface area contributed by atoms with Crippen LogP contribution in [0.1, 0.15) is 55.0 Å². The number of benzene rings is 1. The molecule has 2 aromatic rings. The molecule has 4 rings (SSSR count). The van der Waals surface area contributed by atoms with E-state index in [-0.39, 0.29) is 18.9 Å². The van der Waals surface area contributed by atoms with E-state index in [1.54, 1.807) is 36.4 Å². The Morgan fingerprint density at radius 2 is 1.78 bits per heavy atom. The summed E-state index contributed by atoms with van der Waals surface area (Å²) < 4.78 is 29.2. The number of aromatic nitrogens is 1. The van der Waals surface area contributed by atoms with E-state index in [0.29, 0.717) is 16.8 Å². The molecular weight excluding hydrogens is 468 g/mol. The highest BCUT2D eigenvalue weighted by Crippen LogP contribution is 2.41. The lowest BCUT2D eigenvalue weighted by Crippen LogP contribution is -2.54. The van der Waals surface area contributed by atoms with Crippen LogP contribution in [0.2, 0.25) is 0 Å². The molecule has 0 radical (unpaired) electrons. The minimum atomic E-state index is -1.38. The fourth-order valence-electron chi connectivity index (χ4n) is 4.43. The van der Waals surface area contributed by atoms with Gasteiger partial charge in [-0.15, -0.1) is 0 Å². The van der Waals surface area contributed by atoms with E-state index >= 15 is 0 Å². The number of urea groups is 1. The van der Waals surface area contributed by atoms with Crippen molar-refractivity contribution in [1.29, 1.82) is 0 Å². The summed E-state index contributed by atoms with van der Waals surface area (Å²) in [6.07, 6.45) is 0.306. The number of likely N-dealkylation sites (tertiary alicyclic amines) is 1. The predicted octanol–water partition coefficient (Wildman–Crippen LogP) is 2.90. The molecule has 0 unspecified atom stereocenters. The zero-order chi connectivity index (χ0) is 26.0. The maximum Gasteiger partial charge on any atom is 0.317 e. The molecule has 1 aromatic carbocycles. The van der Waals surface area contributed by atoms with Gasteiger partial charge < -0.3 is 20.4 Å². The zero-order valence-electron chi connectivity index (χ0n) is 20.6. The summed E-state index contributed by atoms with van der Waals surface area (Å²) in [6, 6.07) is 9.09. The average Bonchev–Trinajstić information content (AvgIpc) is 3.62. The molecule has 2 aliphatic rings. The normalized spacial score (nSPS) is 21.0. The third-order valence-electron chi connectivity index (χ3n) is 6.58. The number of nitrogens with zero attached hydrogens (tertiary/aromatic N) is 3. The number of rotatable bonds is 7. The Morgan fingerprint density at radius 3 is 2.39 bits per heavy atom. The lowest BCUT2D eigenvalue weighted by atomic mass is 10.0. The van der Waals surface area contributed by atoms with Crippen molar-refractivity contribution >= 4 is 17.8 Å². The van der Waals surface area contributed by atoms with Crippen molar-refractivity contribution in [2.75, 3.05) is 20.6 Å². The van der Waals surface area contributed by atoms with Crippen molar-refractivity contribution in [3.63, 3.8) is 0 Å². The van der Waals surface area contributed by atoms with Crippen molar-refractivity contribution < 1.29 is 23.2 Å². The van der Waals surface area contributed by atoms with E-state index in [0.717, 1.165) is 17.7 Å². The Hall–Kier alpha value is -3.56. The van der Waals surface area contributed by atoms with Crippen molar-refractivity contribution in [1.82, 2.24) is 25.4 Å². The quantitative estimate of drug-likeness (QED) is 0.573. The zero-order valence-corrected chi connectivity index (χ0v) is 20.6. The molecule has 1 aromatic heterocycles. The van der Waals surface area contributed by atoms with Crippen LogP contribution in [-0.2, 0) is 9.59 Å². The molecule has 1 aliphatic carbocycles. The van der Waals surface area contributed by atoms with Crippen molar-refractivity contribution in [2.24, 2.45) is 0 Å². The molecule has 8 nitrogen and oxygen atoms in total. The van der Waals surface area contributed by atoms with Crippen LogP contribution in [-0.4, -0.2) is 71.5 Å². The summed E-state index contributed by atoms with van der Waals surface area (Å²) >= 11 is 0. The minimum absolute atomic E-state index is 0.171. The summed E-state index contributed by atoms with van der Waals surface area (Å²) in [5.74, 6) is -1.50. The third kappa shape index (κ3) is 5.63. The second kappa shape index (κ2) is 10.6. The fraction of sp³-hybridized carbons (Fsp3) is 0.462. The lowest BCUT2D eigenvalue weighted by Gasteiger charge is -2.29. The SMILES string of the molecule is C[C@@H](NC(=O)N(C)C)C(=O)N1C[C@H](F)C[C@H]1C(=O)N[C@@H](c1ccccc1)c1ccc(C2CC2)c(F)n1. The summed E-state index contributed by atoms with van der Waals surface area (Å²) in [6.45, 7) is 1.24. The van der Waals surface area contributed by atoms with E-state index < -0.39 is 48.1 Å².